The van der Waals surface area contributed by atoms with Gasteiger partial charge in [0.15, 0.2) is 0 Å². The Bertz CT molecular complexity index is 1150. The van der Waals surface area contributed by atoms with Crippen LogP contribution in [-0.4, -0.2) is 73.4 Å². The van der Waals surface area contributed by atoms with Crippen LogP contribution in [0.3, 0.4) is 0 Å². The summed E-state index contributed by atoms with van der Waals surface area (Å²) >= 11 is 0. The molecule has 2 aromatic rings. The quantitative estimate of drug-likeness (QED) is 0.572. The molecule has 7 nitrogen and oxygen atoms in total. The van der Waals surface area contributed by atoms with E-state index in [2.05, 4.69) is 31.0 Å². The van der Waals surface area contributed by atoms with E-state index >= 15 is 0 Å². The zero-order valence-corrected chi connectivity index (χ0v) is 23.7. The predicted molar refractivity (Wildman–Crippen MR) is 145 cm³/mol. The second-order valence-electron chi connectivity index (χ2n) is 11.7. The van der Waals surface area contributed by atoms with Gasteiger partial charge in [-0.25, -0.2) is 17.6 Å². The molecule has 204 valence electrons. The van der Waals surface area contributed by atoms with E-state index in [1.165, 1.54) is 16.4 Å². The van der Waals surface area contributed by atoms with Crippen molar-refractivity contribution in [1.29, 1.82) is 0 Å². The molecule has 1 aliphatic rings. The molecule has 0 unspecified atom stereocenters. The molecule has 9 heteroatoms. The van der Waals surface area contributed by atoms with E-state index < -0.39 is 10.0 Å². The molecule has 37 heavy (non-hydrogen) atoms. The third kappa shape index (κ3) is 8.25. The van der Waals surface area contributed by atoms with Gasteiger partial charge < -0.3 is 10.2 Å². The maximum atomic E-state index is 13.3. The molecule has 1 heterocycles. The number of hydrogen-bond donors (Lipinski definition) is 1. The van der Waals surface area contributed by atoms with Gasteiger partial charge in [0.1, 0.15) is 5.82 Å². The van der Waals surface area contributed by atoms with Gasteiger partial charge in [0.05, 0.1) is 4.90 Å². The average molecular weight is 533 g/mol. The summed E-state index contributed by atoms with van der Waals surface area (Å²) in [5.74, 6) is -0.313. The number of rotatable bonds is 7. The van der Waals surface area contributed by atoms with Crippen molar-refractivity contribution in [1.82, 2.24) is 19.4 Å². The third-order valence-electron chi connectivity index (χ3n) is 6.43. The van der Waals surface area contributed by atoms with Gasteiger partial charge in [-0.1, -0.05) is 45.0 Å². The van der Waals surface area contributed by atoms with Crippen molar-refractivity contribution in [3.05, 3.63) is 65.5 Å². The molecule has 0 spiro atoms. The Kier molecular flexibility index (Phi) is 9.03. The molecule has 1 fully saturated rings. The molecule has 0 aliphatic carbocycles. The lowest BCUT2D eigenvalue weighted by atomic mass is 9.87. The van der Waals surface area contributed by atoms with Gasteiger partial charge in [-0.15, -0.1) is 0 Å². The summed E-state index contributed by atoms with van der Waals surface area (Å²) in [6.45, 7) is 15.5. The molecule has 2 aromatic carbocycles. The van der Waals surface area contributed by atoms with Crippen LogP contribution in [0.15, 0.2) is 53.4 Å². The molecule has 1 aliphatic heterocycles. The van der Waals surface area contributed by atoms with Crippen LogP contribution in [0.1, 0.15) is 52.7 Å². The van der Waals surface area contributed by atoms with Gasteiger partial charge in [-0.05, 0) is 61.6 Å². The zero-order valence-electron chi connectivity index (χ0n) is 22.9. The Morgan fingerprint density at radius 2 is 1.49 bits per heavy atom. The maximum absolute atomic E-state index is 13.3. The van der Waals surface area contributed by atoms with E-state index in [4.69, 9.17) is 0 Å². The zero-order chi connectivity index (χ0) is 27.4. The minimum absolute atomic E-state index is 0.0394. The van der Waals surface area contributed by atoms with Crippen molar-refractivity contribution in [3.8, 4) is 0 Å². The molecule has 3 rings (SSSR count). The minimum Gasteiger partial charge on any atom is -0.333 e. The lowest BCUT2D eigenvalue weighted by Crippen LogP contribution is -2.52. The molecule has 1 saturated heterocycles. The summed E-state index contributed by atoms with van der Waals surface area (Å²) in [6.07, 6.45) is 0. The van der Waals surface area contributed by atoms with Crippen LogP contribution in [0.4, 0.5) is 9.18 Å². The summed E-state index contributed by atoms with van der Waals surface area (Å²) in [6, 6.07) is 13.2. The lowest BCUT2D eigenvalue weighted by Gasteiger charge is -2.35. The minimum atomic E-state index is -3.56. The van der Waals surface area contributed by atoms with Crippen molar-refractivity contribution in [3.63, 3.8) is 0 Å². The number of carbonyl (C=O) groups excluding carboxylic acids is 1. The summed E-state index contributed by atoms with van der Waals surface area (Å²) in [7, 11) is -3.56. The van der Waals surface area contributed by atoms with Crippen molar-refractivity contribution in [2.75, 3.05) is 39.3 Å². The van der Waals surface area contributed by atoms with Crippen LogP contribution in [0.5, 0.6) is 0 Å². The SMILES string of the molecule is CC(C)(C)NC(=O)N(CCN1CCN(S(=O)(=O)c2ccc(C(C)(C)C)cc2)CC1)Cc1ccc(F)cc1. The highest BCUT2D eigenvalue weighted by Gasteiger charge is 2.29. The Balaban J connectivity index is 1.60. The van der Waals surface area contributed by atoms with Crippen LogP contribution in [0, 0.1) is 5.82 Å². The van der Waals surface area contributed by atoms with E-state index in [0.717, 1.165) is 11.1 Å². The van der Waals surface area contributed by atoms with E-state index in [9.17, 15) is 17.6 Å². The molecule has 0 bridgehead atoms. The molecule has 0 atom stereocenters. The molecular weight excluding hydrogens is 491 g/mol. The van der Waals surface area contributed by atoms with E-state index in [1.54, 1.807) is 29.2 Å². The molecule has 0 saturated carbocycles. The number of nitrogens with one attached hydrogen (secondary N) is 1. The summed E-state index contributed by atoms with van der Waals surface area (Å²) < 4.78 is 41.3. The van der Waals surface area contributed by atoms with Crippen LogP contribution in [0.25, 0.3) is 0 Å². The van der Waals surface area contributed by atoms with E-state index in [0.29, 0.717) is 50.7 Å². The van der Waals surface area contributed by atoms with E-state index in [1.807, 2.05) is 32.9 Å². The fourth-order valence-corrected chi connectivity index (χ4v) is 5.62. The summed E-state index contributed by atoms with van der Waals surface area (Å²) in [5, 5.41) is 3.00. The number of sulfonamides is 1. The normalized spacial score (nSPS) is 16.0. The third-order valence-corrected chi connectivity index (χ3v) is 8.34. The Morgan fingerprint density at radius 3 is 2.00 bits per heavy atom. The number of nitrogens with zero attached hydrogens (tertiary/aromatic N) is 3. The van der Waals surface area contributed by atoms with Gasteiger partial charge in [0.2, 0.25) is 10.0 Å². The Hall–Kier alpha value is -2.49. The summed E-state index contributed by atoms with van der Waals surface area (Å²) in [5.41, 5.74) is 1.52. The lowest BCUT2D eigenvalue weighted by molar-refractivity contribution is 0.152. The molecular formula is C28H41FN4O3S. The molecule has 0 radical (unpaired) electrons. The standard InChI is InChI=1S/C28H41FN4O3S/c1-27(2,3)23-9-13-25(14-10-23)37(35,36)33-19-16-31(17-20-33)15-18-32(26(34)30-28(4,5)6)21-22-7-11-24(29)12-8-22/h7-14H,15-21H2,1-6H3,(H,30,34). The number of piperazine rings is 1. The first-order valence-corrected chi connectivity index (χ1v) is 14.2. The Labute approximate surface area is 221 Å². The molecule has 2 amide bonds. The maximum Gasteiger partial charge on any atom is 0.318 e. The number of amides is 2. The highest BCUT2D eigenvalue weighted by molar-refractivity contribution is 7.89. The van der Waals surface area contributed by atoms with Crippen molar-refractivity contribution in [2.24, 2.45) is 0 Å². The number of hydrogen-bond acceptors (Lipinski definition) is 4. The largest absolute Gasteiger partial charge is 0.333 e. The van der Waals surface area contributed by atoms with Crippen molar-refractivity contribution in [2.45, 2.75) is 63.9 Å². The summed E-state index contributed by atoms with van der Waals surface area (Å²) in [4.78, 5) is 17.2. The first-order chi connectivity index (χ1) is 17.1. The number of carbonyl (C=O) groups is 1. The smallest absolute Gasteiger partial charge is 0.318 e. The highest BCUT2D eigenvalue weighted by atomic mass is 32.2. The molecule has 1 N–H and O–H groups in total. The molecule has 0 aromatic heterocycles. The van der Waals surface area contributed by atoms with Gasteiger partial charge in [-0.3, -0.25) is 4.90 Å². The van der Waals surface area contributed by atoms with Gasteiger partial charge in [0, 0.05) is 51.4 Å². The van der Waals surface area contributed by atoms with Gasteiger partial charge in [0.25, 0.3) is 0 Å². The van der Waals surface area contributed by atoms with E-state index in [-0.39, 0.29) is 22.8 Å². The van der Waals surface area contributed by atoms with Gasteiger partial charge >= 0.3 is 6.03 Å². The second kappa shape index (κ2) is 11.5. The second-order valence-corrected chi connectivity index (χ2v) is 13.7. The topological polar surface area (TPSA) is 73.0 Å². The van der Waals surface area contributed by atoms with Crippen LogP contribution < -0.4 is 5.32 Å². The highest BCUT2D eigenvalue weighted by Crippen LogP contribution is 2.25. The monoisotopic (exact) mass is 532 g/mol. The average Bonchev–Trinajstić information content (AvgIpc) is 2.81. The fraction of sp³-hybridized carbons (Fsp3) is 0.536. The van der Waals surface area contributed by atoms with Crippen LogP contribution in [0.2, 0.25) is 0 Å². The van der Waals surface area contributed by atoms with Crippen molar-refractivity contribution >= 4 is 16.1 Å². The number of benzene rings is 2. The predicted octanol–water partition coefficient (Wildman–Crippen LogP) is 4.44. The number of halogens is 1. The van der Waals surface area contributed by atoms with Gasteiger partial charge in [-0.2, -0.15) is 4.31 Å². The first-order valence-electron chi connectivity index (χ1n) is 12.8. The Morgan fingerprint density at radius 1 is 0.919 bits per heavy atom. The first kappa shape index (κ1) is 29.1. The fourth-order valence-electron chi connectivity index (χ4n) is 4.19. The van der Waals surface area contributed by atoms with Crippen LogP contribution >= 0.6 is 0 Å². The number of urea groups is 1. The van der Waals surface area contributed by atoms with Crippen LogP contribution in [-0.2, 0) is 22.0 Å². The van der Waals surface area contributed by atoms with Crippen molar-refractivity contribution < 1.29 is 17.6 Å².